The van der Waals surface area contributed by atoms with Gasteiger partial charge in [0.25, 0.3) is 0 Å². The first-order valence-corrected chi connectivity index (χ1v) is 3.78. The Kier molecular flexibility index (Phi) is 3.33. The van der Waals surface area contributed by atoms with Crippen LogP contribution in [0.1, 0.15) is 34.6 Å². The van der Waals surface area contributed by atoms with E-state index in [1.54, 1.807) is 6.92 Å². The Morgan fingerprint density at radius 2 is 1.60 bits per heavy atom. The molecule has 2 unspecified atom stereocenters. The van der Waals surface area contributed by atoms with Gasteiger partial charge in [-0.1, -0.05) is 20.8 Å². The third-order valence-electron chi connectivity index (χ3n) is 1.79. The van der Waals surface area contributed by atoms with Gasteiger partial charge in [-0.3, -0.25) is 5.32 Å². The SMILES string of the molecule is CC(O)NC(C)C(C)(C)C. The summed E-state index contributed by atoms with van der Waals surface area (Å²) in [5.41, 5.74) is 0.219. The topological polar surface area (TPSA) is 32.3 Å². The van der Waals surface area contributed by atoms with Crippen molar-refractivity contribution in [3.8, 4) is 0 Å². The molecule has 0 saturated carbocycles. The van der Waals surface area contributed by atoms with E-state index >= 15 is 0 Å². The first-order chi connectivity index (χ1) is 4.34. The highest BCUT2D eigenvalue weighted by Crippen LogP contribution is 2.18. The molecular formula is C8H19NO. The minimum Gasteiger partial charge on any atom is -0.379 e. The lowest BCUT2D eigenvalue weighted by atomic mass is 9.88. The van der Waals surface area contributed by atoms with Crippen LogP contribution in [0.3, 0.4) is 0 Å². The first kappa shape index (κ1) is 9.92. The largest absolute Gasteiger partial charge is 0.379 e. The molecule has 2 heteroatoms. The van der Waals surface area contributed by atoms with E-state index in [1.807, 2.05) is 0 Å². The number of hydrogen-bond acceptors (Lipinski definition) is 2. The fourth-order valence-electron chi connectivity index (χ4n) is 0.612. The molecule has 0 amide bonds. The highest BCUT2D eigenvalue weighted by molar-refractivity contribution is 4.75. The van der Waals surface area contributed by atoms with Gasteiger partial charge in [0, 0.05) is 6.04 Å². The summed E-state index contributed by atoms with van der Waals surface area (Å²) in [6, 6.07) is 0.340. The van der Waals surface area contributed by atoms with Gasteiger partial charge in [-0.2, -0.15) is 0 Å². The van der Waals surface area contributed by atoms with Crippen LogP contribution in [-0.2, 0) is 0 Å². The van der Waals surface area contributed by atoms with E-state index in [0.717, 1.165) is 0 Å². The standard InChI is InChI=1S/C8H19NO/c1-6(8(3,4)5)9-7(2)10/h6-7,9-10H,1-5H3. The van der Waals surface area contributed by atoms with E-state index in [9.17, 15) is 0 Å². The second kappa shape index (κ2) is 3.35. The highest BCUT2D eigenvalue weighted by atomic mass is 16.3. The van der Waals surface area contributed by atoms with Gasteiger partial charge in [0.2, 0.25) is 0 Å². The van der Waals surface area contributed by atoms with Gasteiger partial charge in [-0.05, 0) is 19.3 Å². The van der Waals surface area contributed by atoms with Gasteiger partial charge in [0.15, 0.2) is 0 Å². The molecule has 62 valence electrons. The molecule has 0 saturated heterocycles. The average Bonchev–Trinajstić information content (AvgIpc) is 1.60. The number of nitrogens with one attached hydrogen (secondary N) is 1. The summed E-state index contributed by atoms with van der Waals surface area (Å²) in [7, 11) is 0. The molecule has 10 heavy (non-hydrogen) atoms. The van der Waals surface area contributed by atoms with Crippen molar-refractivity contribution in [3.63, 3.8) is 0 Å². The summed E-state index contributed by atoms with van der Waals surface area (Å²) in [6.07, 6.45) is -0.408. The first-order valence-electron chi connectivity index (χ1n) is 3.78. The lowest BCUT2D eigenvalue weighted by molar-refractivity contribution is 0.115. The number of rotatable bonds is 2. The number of aliphatic hydroxyl groups is 1. The zero-order valence-electron chi connectivity index (χ0n) is 7.60. The Morgan fingerprint density at radius 1 is 1.20 bits per heavy atom. The Labute approximate surface area is 63.6 Å². The minimum absolute atomic E-state index is 0.219. The summed E-state index contributed by atoms with van der Waals surface area (Å²) in [5, 5.41) is 12.0. The maximum atomic E-state index is 8.98. The van der Waals surface area contributed by atoms with Crippen LogP contribution < -0.4 is 5.32 Å². The van der Waals surface area contributed by atoms with Crippen LogP contribution in [0, 0.1) is 5.41 Å². The molecule has 2 atom stereocenters. The Hall–Kier alpha value is -0.0800. The molecule has 0 aromatic rings. The molecule has 2 N–H and O–H groups in total. The Morgan fingerprint density at radius 3 is 1.70 bits per heavy atom. The third kappa shape index (κ3) is 3.85. The van der Waals surface area contributed by atoms with Crippen molar-refractivity contribution in [1.29, 1.82) is 0 Å². The molecule has 0 radical (unpaired) electrons. The van der Waals surface area contributed by atoms with Gasteiger partial charge in [-0.25, -0.2) is 0 Å². The van der Waals surface area contributed by atoms with Crippen molar-refractivity contribution < 1.29 is 5.11 Å². The molecule has 0 bridgehead atoms. The molecule has 0 aliphatic heterocycles. The maximum Gasteiger partial charge on any atom is 0.102 e. The zero-order chi connectivity index (χ0) is 8.36. The quantitative estimate of drug-likeness (QED) is 0.575. The normalized spacial score (nSPS) is 18.6. The molecule has 2 nitrogen and oxygen atoms in total. The van der Waals surface area contributed by atoms with Crippen LogP contribution in [0.25, 0.3) is 0 Å². The van der Waals surface area contributed by atoms with Crippen LogP contribution in [0.15, 0.2) is 0 Å². The van der Waals surface area contributed by atoms with Gasteiger partial charge in [0.05, 0.1) is 0 Å². The van der Waals surface area contributed by atoms with Crippen molar-refractivity contribution in [3.05, 3.63) is 0 Å². The predicted molar refractivity (Wildman–Crippen MR) is 43.7 cm³/mol. The summed E-state index contributed by atoms with van der Waals surface area (Å²) in [6.45, 7) is 10.3. The monoisotopic (exact) mass is 145 g/mol. The molecule has 0 heterocycles. The summed E-state index contributed by atoms with van der Waals surface area (Å²) < 4.78 is 0. The predicted octanol–water partition coefficient (Wildman–Crippen LogP) is 1.35. The minimum atomic E-state index is -0.408. The van der Waals surface area contributed by atoms with Crippen LogP contribution in [-0.4, -0.2) is 17.4 Å². The summed E-state index contributed by atoms with van der Waals surface area (Å²) in [4.78, 5) is 0. The molecule has 0 aromatic carbocycles. The highest BCUT2D eigenvalue weighted by Gasteiger charge is 2.20. The average molecular weight is 145 g/mol. The van der Waals surface area contributed by atoms with Crippen LogP contribution in [0.4, 0.5) is 0 Å². The fourth-order valence-corrected chi connectivity index (χ4v) is 0.612. The van der Waals surface area contributed by atoms with E-state index in [4.69, 9.17) is 5.11 Å². The molecule has 0 spiro atoms. The van der Waals surface area contributed by atoms with Crippen LogP contribution >= 0.6 is 0 Å². The molecular weight excluding hydrogens is 126 g/mol. The third-order valence-corrected chi connectivity index (χ3v) is 1.79. The molecule has 0 aliphatic carbocycles. The van der Waals surface area contributed by atoms with E-state index in [-0.39, 0.29) is 5.41 Å². The Balaban J connectivity index is 3.73. The van der Waals surface area contributed by atoms with Crippen molar-refractivity contribution in [2.75, 3.05) is 0 Å². The van der Waals surface area contributed by atoms with E-state index in [0.29, 0.717) is 6.04 Å². The molecule has 0 fully saturated rings. The molecule has 0 aromatic heterocycles. The van der Waals surface area contributed by atoms with Crippen LogP contribution in [0.2, 0.25) is 0 Å². The second-order valence-electron chi connectivity index (χ2n) is 3.93. The second-order valence-corrected chi connectivity index (χ2v) is 3.93. The summed E-state index contributed by atoms with van der Waals surface area (Å²) >= 11 is 0. The number of hydrogen-bond donors (Lipinski definition) is 2. The zero-order valence-corrected chi connectivity index (χ0v) is 7.60. The lowest BCUT2D eigenvalue weighted by Crippen LogP contribution is -2.42. The smallest absolute Gasteiger partial charge is 0.102 e. The van der Waals surface area contributed by atoms with Gasteiger partial charge < -0.3 is 5.11 Å². The van der Waals surface area contributed by atoms with E-state index in [2.05, 4.69) is 33.0 Å². The maximum absolute atomic E-state index is 8.98. The van der Waals surface area contributed by atoms with Crippen molar-refractivity contribution in [1.82, 2.24) is 5.32 Å². The van der Waals surface area contributed by atoms with Crippen molar-refractivity contribution in [2.24, 2.45) is 5.41 Å². The van der Waals surface area contributed by atoms with Gasteiger partial charge in [0.1, 0.15) is 6.23 Å². The summed E-state index contributed by atoms with van der Waals surface area (Å²) in [5.74, 6) is 0. The van der Waals surface area contributed by atoms with E-state index in [1.165, 1.54) is 0 Å². The van der Waals surface area contributed by atoms with Gasteiger partial charge >= 0.3 is 0 Å². The van der Waals surface area contributed by atoms with Crippen LogP contribution in [0.5, 0.6) is 0 Å². The lowest BCUT2D eigenvalue weighted by Gasteiger charge is -2.29. The number of aliphatic hydroxyl groups excluding tert-OH is 1. The molecule has 0 rings (SSSR count). The Bertz CT molecular complexity index is 93.9. The van der Waals surface area contributed by atoms with Crippen molar-refractivity contribution in [2.45, 2.75) is 46.9 Å². The fraction of sp³-hybridized carbons (Fsp3) is 1.00. The van der Waals surface area contributed by atoms with Gasteiger partial charge in [-0.15, -0.1) is 0 Å². The van der Waals surface area contributed by atoms with Crippen molar-refractivity contribution >= 4 is 0 Å². The molecule has 0 aliphatic rings. The van der Waals surface area contributed by atoms with E-state index < -0.39 is 6.23 Å².